The Morgan fingerprint density at radius 1 is 1.29 bits per heavy atom. The van der Waals surface area contributed by atoms with Crippen molar-refractivity contribution in [3.05, 3.63) is 49.5 Å². The molecule has 0 spiro atoms. The van der Waals surface area contributed by atoms with Crippen LogP contribution < -0.4 is 0 Å². The molecule has 0 saturated carbocycles. The average molecular weight is 249 g/mol. The topological polar surface area (TPSA) is 60.2 Å². The number of hydrogen-bond acceptors (Lipinski definition) is 4. The van der Waals surface area contributed by atoms with E-state index in [1.807, 2.05) is 0 Å². The summed E-state index contributed by atoms with van der Waals surface area (Å²) in [5.74, 6) is 0.548. The van der Waals surface area contributed by atoms with Gasteiger partial charge in [0.2, 0.25) is 0 Å². The molecule has 0 atom stereocenters. The Balaban J connectivity index is 2.34. The Morgan fingerprint density at radius 2 is 2.00 bits per heavy atom. The third kappa shape index (κ3) is 2.45. The van der Waals surface area contributed by atoms with E-state index in [-0.39, 0.29) is 10.6 Å². The molecule has 1 heterocycles. The summed E-state index contributed by atoms with van der Waals surface area (Å²) < 4.78 is 28.6. The van der Waals surface area contributed by atoms with Crippen LogP contribution in [0, 0.1) is 0 Å². The number of rotatable bonds is 4. The Kier molecular flexibility index (Phi) is 3.10. The van der Waals surface area contributed by atoms with Crippen molar-refractivity contribution in [3.8, 4) is 11.3 Å². The van der Waals surface area contributed by atoms with Crippen molar-refractivity contribution < 1.29 is 12.8 Å². The molecule has 1 aromatic carbocycles. The van der Waals surface area contributed by atoms with E-state index >= 15 is 0 Å². The molecule has 17 heavy (non-hydrogen) atoms. The highest BCUT2D eigenvalue weighted by molar-refractivity contribution is 7.91. The van der Waals surface area contributed by atoms with Crippen LogP contribution in [0.25, 0.3) is 11.3 Å². The lowest BCUT2D eigenvalue weighted by Gasteiger charge is -2.02. The largest absolute Gasteiger partial charge is 0.444 e. The van der Waals surface area contributed by atoms with Gasteiger partial charge in [-0.25, -0.2) is 13.4 Å². The van der Waals surface area contributed by atoms with E-state index < -0.39 is 9.84 Å². The predicted octanol–water partition coefficient (Wildman–Crippen LogP) is 2.30. The third-order valence-corrected chi connectivity index (χ3v) is 3.93. The quantitative estimate of drug-likeness (QED) is 0.780. The summed E-state index contributed by atoms with van der Waals surface area (Å²) in [4.78, 5) is 4.08. The Morgan fingerprint density at radius 3 is 2.53 bits per heavy atom. The SMILES string of the molecule is C=CCS(=O)(=O)c1ccc(-c2cnco2)cc1. The first-order valence-corrected chi connectivity index (χ1v) is 6.61. The van der Waals surface area contributed by atoms with Gasteiger partial charge in [-0.1, -0.05) is 6.08 Å². The molecule has 0 bridgehead atoms. The van der Waals surface area contributed by atoms with Gasteiger partial charge >= 0.3 is 0 Å². The maximum absolute atomic E-state index is 11.7. The fraction of sp³-hybridized carbons (Fsp3) is 0.0833. The van der Waals surface area contributed by atoms with Gasteiger partial charge in [0.05, 0.1) is 16.8 Å². The lowest BCUT2D eigenvalue weighted by atomic mass is 10.2. The van der Waals surface area contributed by atoms with Crippen LogP contribution in [0.1, 0.15) is 0 Å². The van der Waals surface area contributed by atoms with E-state index in [4.69, 9.17) is 4.42 Å². The molecule has 5 heteroatoms. The van der Waals surface area contributed by atoms with Crippen LogP contribution in [0.15, 0.2) is 58.8 Å². The van der Waals surface area contributed by atoms with Gasteiger partial charge in [0.1, 0.15) is 0 Å². The van der Waals surface area contributed by atoms with E-state index in [1.165, 1.54) is 12.5 Å². The Labute approximate surface area is 99.5 Å². The second kappa shape index (κ2) is 4.55. The molecule has 0 N–H and O–H groups in total. The smallest absolute Gasteiger partial charge is 0.181 e. The first-order valence-electron chi connectivity index (χ1n) is 4.96. The molecule has 0 aliphatic carbocycles. The second-order valence-corrected chi connectivity index (χ2v) is 5.49. The van der Waals surface area contributed by atoms with Crippen LogP contribution in [0.2, 0.25) is 0 Å². The average Bonchev–Trinajstić information content (AvgIpc) is 2.82. The molecule has 2 aromatic rings. The van der Waals surface area contributed by atoms with Crippen LogP contribution in [-0.2, 0) is 9.84 Å². The molecular weight excluding hydrogens is 238 g/mol. The minimum Gasteiger partial charge on any atom is -0.444 e. The van der Waals surface area contributed by atoms with Crippen molar-refractivity contribution in [1.82, 2.24) is 4.98 Å². The van der Waals surface area contributed by atoms with Gasteiger partial charge in [0.25, 0.3) is 0 Å². The first kappa shape index (κ1) is 11.6. The van der Waals surface area contributed by atoms with Crippen molar-refractivity contribution in [2.24, 2.45) is 0 Å². The molecule has 0 radical (unpaired) electrons. The number of hydrogen-bond donors (Lipinski definition) is 0. The van der Waals surface area contributed by atoms with Crippen molar-refractivity contribution >= 4 is 9.84 Å². The maximum Gasteiger partial charge on any atom is 0.181 e. The molecule has 0 fully saturated rings. The van der Waals surface area contributed by atoms with Crippen LogP contribution >= 0.6 is 0 Å². The van der Waals surface area contributed by atoms with Crippen LogP contribution in [0.3, 0.4) is 0 Å². The van der Waals surface area contributed by atoms with Crippen molar-refractivity contribution in [3.63, 3.8) is 0 Å². The number of oxazole rings is 1. The highest BCUT2D eigenvalue weighted by Crippen LogP contribution is 2.21. The van der Waals surface area contributed by atoms with E-state index in [1.54, 1.807) is 30.5 Å². The molecule has 0 unspecified atom stereocenters. The zero-order valence-corrected chi connectivity index (χ0v) is 9.85. The molecule has 0 saturated heterocycles. The summed E-state index contributed by atoms with van der Waals surface area (Å²) in [6, 6.07) is 6.49. The molecular formula is C12H11NO3S. The van der Waals surface area contributed by atoms with E-state index in [0.717, 1.165) is 5.56 Å². The minimum atomic E-state index is -3.26. The van der Waals surface area contributed by atoms with Crippen LogP contribution in [0.5, 0.6) is 0 Å². The molecule has 2 rings (SSSR count). The van der Waals surface area contributed by atoms with Crippen LogP contribution in [0.4, 0.5) is 0 Å². The maximum atomic E-state index is 11.7. The summed E-state index contributed by atoms with van der Waals surface area (Å²) in [5, 5.41) is 0. The second-order valence-electron chi connectivity index (χ2n) is 3.46. The predicted molar refractivity (Wildman–Crippen MR) is 64.2 cm³/mol. The molecule has 0 aliphatic heterocycles. The lowest BCUT2D eigenvalue weighted by Crippen LogP contribution is -2.03. The first-order chi connectivity index (χ1) is 8.13. The Hall–Kier alpha value is -1.88. The number of nitrogens with zero attached hydrogens (tertiary/aromatic N) is 1. The summed E-state index contributed by atoms with van der Waals surface area (Å²) in [6.07, 6.45) is 4.28. The molecule has 88 valence electrons. The van der Waals surface area contributed by atoms with Gasteiger partial charge in [0, 0.05) is 5.56 Å². The monoisotopic (exact) mass is 249 g/mol. The van der Waals surface area contributed by atoms with Crippen molar-refractivity contribution in [1.29, 1.82) is 0 Å². The highest BCUT2D eigenvalue weighted by Gasteiger charge is 2.12. The van der Waals surface area contributed by atoms with Gasteiger partial charge in [-0.15, -0.1) is 6.58 Å². The van der Waals surface area contributed by atoms with E-state index in [9.17, 15) is 8.42 Å². The molecule has 1 aromatic heterocycles. The van der Waals surface area contributed by atoms with Gasteiger partial charge in [-0.2, -0.15) is 0 Å². The normalized spacial score (nSPS) is 11.3. The van der Waals surface area contributed by atoms with Crippen LogP contribution in [-0.4, -0.2) is 19.2 Å². The van der Waals surface area contributed by atoms with Gasteiger partial charge in [-0.05, 0) is 24.3 Å². The van der Waals surface area contributed by atoms with Crippen molar-refractivity contribution in [2.45, 2.75) is 4.90 Å². The van der Waals surface area contributed by atoms with E-state index in [0.29, 0.717) is 5.76 Å². The lowest BCUT2D eigenvalue weighted by molar-refractivity contribution is 0.572. The molecule has 4 nitrogen and oxygen atoms in total. The van der Waals surface area contributed by atoms with Gasteiger partial charge in [0.15, 0.2) is 22.0 Å². The fourth-order valence-corrected chi connectivity index (χ4v) is 2.49. The molecule has 0 amide bonds. The summed E-state index contributed by atoms with van der Waals surface area (Å²) in [7, 11) is -3.26. The summed E-state index contributed by atoms with van der Waals surface area (Å²) in [6.45, 7) is 3.43. The fourth-order valence-electron chi connectivity index (χ4n) is 1.44. The molecule has 0 aliphatic rings. The summed E-state index contributed by atoms with van der Waals surface area (Å²) >= 11 is 0. The van der Waals surface area contributed by atoms with Gasteiger partial charge < -0.3 is 4.42 Å². The Bertz CT molecular complexity index is 598. The van der Waals surface area contributed by atoms with Crippen molar-refractivity contribution in [2.75, 3.05) is 5.75 Å². The minimum absolute atomic E-state index is 0.0609. The van der Waals surface area contributed by atoms with E-state index in [2.05, 4.69) is 11.6 Å². The highest BCUT2D eigenvalue weighted by atomic mass is 32.2. The number of aromatic nitrogens is 1. The van der Waals surface area contributed by atoms with Gasteiger partial charge in [-0.3, -0.25) is 0 Å². The zero-order valence-electron chi connectivity index (χ0n) is 9.04. The number of sulfone groups is 1. The standard InChI is InChI=1S/C12H11NO3S/c1-2-7-17(14,15)11-5-3-10(4-6-11)12-8-13-9-16-12/h2-6,8-9H,1,7H2. The third-order valence-electron chi connectivity index (χ3n) is 2.27. The zero-order chi connectivity index (χ0) is 12.3. The number of benzene rings is 1. The summed E-state index contributed by atoms with van der Waals surface area (Å²) in [5.41, 5.74) is 0.792.